The average molecular weight is 459 g/mol. The Morgan fingerprint density at radius 2 is 2.00 bits per heavy atom. The Hall–Kier alpha value is -3.20. The van der Waals surface area contributed by atoms with E-state index in [-0.39, 0.29) is 23.1 Å². The molecule has 9 heteroatoms. The smallest absolute Gasteiger partial charge is 0.227 e. The van der Waals surface area contributed by atoms with E-state index >= 15 is 0 Å². The van der Waals surface area contributed by atoms with Crippen molar-refractivity contribution in [1.29, 1.82) is 0 Å². The van der Waals surface area contributed by atoms with Gasteiger partial charge in [-0.25, -0.2) is 18.7 Å². The van der Waals surface area contributed by atoms with Gasteiger partial charge in [0.1, 0.15) is 17.3 Å². The van der Waals surface area contributed by atoms with Crippen molar-refractivity contribution in [1.82, 2.24) is 9.97 Å². The maximum absolute atomic E-state index is 14.5. The summed E-state index contributed by atoms with van der Waals surface area (Å²) in [7, 11) is -2.26. The topological polar surface area (TPSA) is 76.1 Å². The van der Waals surface area contributed by atoms with Crippen LogP contribution in [0.3, 0.4) is 0 Å². The van der Waals surface area contributed by atoms with Gasteiger partial charge in [-0.3, -0.25) is 4.21 Å². The van der Waals surface area contributed by atoms with Gasteiger partial charge in [-0.2, -0.15) is 0 Å². The molecule has 4 rings (SSSR count). The van der Waals surface area contributed by atoms with E-state index in [1.165, 1.54) is 18.2 Å². The molecule has 6 nitrogen and oxygen atoms in total. The summed E-state index contributed by atoms with van der Waals surface area (Å²) in [5, 5.41) is 6.12. The van der Waals surface area contributed by atoms with Crippen LogP contribution in [0.1, 0.15) is 18.4 Å². The van der Waals surface area contributed by atoms with Gasteiger partial charge in [0.25, 0.3) is 0 Å². The number of rotatable bonds is 2. The summed E-state index contributed by atoms with van der Waals surface area (Å²) >= 11 is 0. The molecule has 0 radical (unpaired) electrons. The minimum Gasteiger partial charge on any atom is -0.494 e. The fourth-order valence-electron chi connectivity index (χ4n) is 3.46. The maximum atomic E-state index is 14.5. The maximum Gasteiger partial charge on any atom is 0.227 e. The number of benzene rings is 2. The molecule has 6 bridgehead atoms. The van der Waals surface area contributed by atoms with Gasteiger partial charge < -0.3 is 15.4 Å². The van der Waals surface area contributed by atoms with Crippen LogP contribution < -0.4 is 15.4 Å². The summed E-state index contributed by atoms with van der Waals surface area (Å²) in [6.45, 7) is 1.00. The van der Waals surface area contributed by atoms with Crippen LogP contribution in [0.15, 0.2) is 42.6 Å². The third kappa shape index (κ3) is 5.53. The molecule has 168 valence electrons. The number of anilines is 3. The van der Waals surface area contributed by atoms with Crippen LogP contribution >= 0.6 is 0 Å². The lowest BCUT2D eigenvalue weighted by molar-refractivity contribution is 0.308. The van der Waals surface area contributed by atoms with Crippen molar-refractivity contribution in [2.24, 2.45) is 0 Å². The molecule has 0 fully saturated rings. The molecule has 2 N–H and O–H groups in total. The number of nitrogens with one attached hydrogen (secondary N) is 2. The van der Waals surface area contributed by atoms with Crippen LogP contribution in [0.25, 0.3) is 11.3 Å². The first-order chi connectivity index (χ1) is 15.3. The molecule has 1 aliphatic heterocycles. The zero-order chi connectivity index (χ0) is 22.7. The van der Waals surface area contributed by atoms with Crippen molar-refractivity contribution >= 4 is 32.7 Å². The van der Waals surface area contributed by atoms with E-state index in [0.29, 0.717) is 30.2 Å². The second kappa shape index (κ2) is 9.12. The van der Waals surface area contributed by atoms with E-state index < -0.39 is 21.2 Å². The normalized spacial score (nSPS) is 15.6. The second-order valence-electron chi connectivity index (χ2n) is 7.89. The van der Waals surface area contributed by atoms with Gasteiger partial charge in [0, 0.05) is 35.9 Å². The number of hydrogen-bond donors (Lipinski definition) is 2. The van der Waals surface area contributed by atoms with Crippen molar-refractivity contribution in [2.45, 2.75) is 18.6 Å². The van der Waals surface area contributed by atoms with Crippen LogP contribution in [0.4, 0.5) is 26.1 Å². The van der Waals surface area contributed by atoms with Gasteiger partial charge in [0.05, 0.1) is 18.5 Å². The number of aromatic nitrogens is 2. The van der Waals surface area contributed by atoms with E-state index in [1.807, 2.05) is 12.1 Å². The quantitative estimate of drug-likeness (QED) is 0.547. The lowest BCUT2D eigenvalue weighted by atomic mass is 10.1. The van der Waals surface area contributed by atoms with Gasteiger partial charge in [0.15, 0.2) is 5.82 Å². The van der Waals surface area contributed by atoms with Gasteiger partial charge in [-0.05, 0) is 64.1 Å². The fourth-order valence-corrected chi connectivity index (χ4v) is 4.33. The Labute approximate surface area is 186 Å². The minimum atomic E-state index is -2.26. The predicted octanol–water partition coefficient (Wildman–Crippen LogP) is 4.60. The second-order valence-corrected chi connectivity index (χ2v) is 10.5. The van der Waals surface area contributed by atoms with E-state index in [2.05, 4.69) is 26.5 Å². The van der Waals surface area contributed by atoms with Gasteiger partial charge in [-0.1, -0.05) is 0 Å². The standard InChI is InChI=1S/C23H24F2N4O2S/c1-32(2,30)14-15-9-17-12-18(10-15)31-8-4-3-7-26-21-11-16(5-6-19(21)24)22-20(25)13-27-23(28-17)29-22/h5-6,9-13,26H,1,3-4,7-8,14H2,2H3,(H,27,28,29)/t32-/m0/s1. The number of fused-ring (bicyclic) bond motifs is 7. The van der Waals surface area contributed by atoms with Gasteiger partial charge in [0.2, 0.25) is 5.95 Å². The highest BCUT2D eigenvalue weighted by Crippen LogP contribution is 2.29. The Morgan fingerprint density at radius 1 is 1.16 bits per heavy atom. The van der Waals surface area contributed by atoms with E-state index in [9.17, 15) is 13.0 Å². The highest BCUT2D eigenvalue weighted by Gasteiger charge is 2.14. The van der Waals surface area contributed by atoms with Crippen LogP contribution in [0, 0.1) is 11.6 Å². The van der Waals surface area contributed by atoms with Gasteiger partial charge >= 0.3 is 0 Å². The average Bonchev–Trinajstić information content (AvgIpc) is 2.71. The fraction of sp³-hybridized carbons (Fsp3) is 0.261. The molecule has 1 atom stereocenters. The Balaban J connectivity index is 1.77. The molecule has 3 aromatic rings. The SMILES string of the molecule is C=[S@@](C)(=O)Cc1cc2cc(c1)OCCCCNc1cc(ccc1F)-c1nc(ncc1F)N2. The first-order valence-electron chi connectivity index (χ1n) is 10.2. The number of ether oxygens (including phenoxy) is 1. The molecule has 0 amide bonds. The minimum absolute atomic E-state index is 0.0552. The summed E-state index contributed by atoms with van der Waals surface area (Å²) < 4.78 is 46.9. The lowest BCUT2D eigenvalue weighted by Gasteiger charge is -2.15. The molecule has 0 saturated heterocycles. The van der Waals surface area contributed by atoms with Crippen molar-refractivity contribution in [3.63, 3.8) is 0 Å². The van der Waals surface area contributed by atoms with Crippen molar-refractivity contribution in [3.8, 4) is 17.0 Å². The van der Waals surface area contributed by atoms with Crippen molar-refractivity contribution in [2.75, 3.05) is 30.0 Å². The molecule has 32 heavy (non-hydrogen) atoms. The highest BCUT2D eigenvalue weighted by molar-refractivity contribution is 7.98. The highest BCUT2D eigenvalue weighted by atomic mass is 32.2. The summed E-state index contributed by atoms with van der Waals surface area (Å²) in [5.41, 5.74) is 2.19. The summed E-state index contributed by atoms with van der Waals surface area (Å²) in [5.74, 6) is 3.76. The number of nitrogens with zero attached hydrogens (tertiary/aromatic N) is 2. The zero-order valence-electron chi connectivity index (χ0n) is 17.7. The molecule has 2 aromatic carbocycles. The summed E-state index contributed by atoms with van der Waals surface area (Å²) in [4.78, 5) is 8.34. The zero-order valence-corrected chi connectivity index (χ0v) is 18.5. The van der Waals surface area contributed by atoms with Gasteiger partial charge in [-0.15, -0.1) is 0 Å². The first-order valence-corrected chi connectivity index (χ1v) is 12.5. The summed E-state index contributed by atoms with van der Waals surface area (Å²) in [6.07, 6.45) is 4.17. The first kappa shape index (κ1) is 22.0. The largest absolute Gasteiger partial charge is 0.494 e. The molecular weight excluding hydrogens is 434 g/mol. The van der Waals surface area contributed by atoms with E-state index in [1.54, 1.807) is 12.3 Å². The van der Waals surface area contributed by atoms with Crippen LogP contribution in [0.2, 0.25) is 0 Å². The molecular formula is C23H24F2N4O2S. The Morgan fingerprint density at radius 3 is 2.81 bits per heavy atom. The van der Waals surface area contributed by atoms with E-state index in [4.69, 9.17) is 4.74 Å². The molecule has 1 aromatic heterocycles. The predicted molar refractivity (Wildman–Crippen MR) is 125 cm³/mol. The third-order valence-corrected chi connectivity index (χ3v) is 5.78. The number of hydrogen-bond acceptors (Lipinski definition) is 6. The van der Waals surface area contributed by atoms with Crippen LogP contribution in [-0.2, 0) is 15.3 Å². The Kier molecular flexibility index (Phi) is 6.27. The molecule has 0 spiro atoms. The van der Waals surface area contributed by atoms with Crippen LogP contribution in [-0.4, -0.2) is 39.5 Å². The lowest BCUT2D eigenvalue weighted by Crippen LogP contribution is -2.08. The van der Waals surface area contributed by atoms with E-state index in [0.717, 1.165) is 24.6 Å². The molecule has 0 saturated carbocycles. The third-order valence-electron chi connectivity index (χ3n) is 4.83. The molecule has 1 aliphatic rings. The Bertz CT molecular complexity index is 1250. The molecule has 0 aliphatic carbocycles. The van der Waals surface area contributed by atoms with Crippen molar-refractivity contribution in [3.05, 3.63) is 59.8 Å². The number of halogens is 2. The molecule has 0 unspecified atom stereocenters. The van der Waals surface area contributed by atoms with Crippen molar-refractivity contribution < 1.29 is 17.7 Å². The summed E-state index contributed by atoms with van der Waals surface area (Å²) in [6, 6.07) is 9.75. The van der Waals surface area contributed by atoms with Crippen LogP contribution in [0.5, 0.6) is 5.75 Å². The monoisotopic (exact) mass is 458 g/mol. The molecule has 2 heterocycles.